The van der Waals surface area contributed by atoms with Crippen molar-refractivity contribution in [3.63, 3.8) is 0 Å². The summed E-state index contributed by atoms with van der Waals surface area (Å²) in [5.74, 6) is 0. The van der Waals surface area contributed by atoms with Crippen molar-refractivity contribution >= 4 is 0 Å². The topological polar surface area (TPSA) is 84.0 Å². The van der Waals surface area contributed by atoms with Crippen LogP contribution >= 0.6 is 0 Å². The van der Waals surface area contributed by atoms with E-state index in [1.54, 1.807) is 11.8 Å². The molecule has 6 nitrogen and oxygen atoms in total. The third-order valence-corrected chi connectivity index (χ3v) is 2.36. The van der Waals surface area contributed by atoms with Gasteiger partial charge in [0, 0.05) is 20.3 Å². The zero-order chi connectivity index (χ0) is 12.0. The number of aromatic nitrogens is 3. The maximum atomic E-state index is 8.78. The second kappa shape index (κ2) is 6.20. The molecule has 0 radical (unpaired) electrons. The first-order valence-corrected chi connectivity index (χ1v) is 5.17. The number of rotatable bonds is 6. The van der Waals surface area contributed by atoms with Gasteiger partial charge in [-0.3, -0.25) is 0 Å². The van der Waals surface area contributed by atoms with Crippen LogP contribution in [0.15, 0.2) is 0 Å². The number of nitriles is 1. The van der Waals surface area contributed by atoms with Gasteiger partial charge in [0.05, 0.1) is 24.3 Å². The molecule has 0 fully saturated rings. The summed E-state index contributed by atoms with van der Waals surface area (Å²) < 4.78 is 6.92. The lowest BCUT2D eigenvalue weighted by Gasteiger charge is -2.12. The lowest BCUT2D eigenvalue weighted by atomic mass is 10.2. The standard InChI is InChI=1S/C10H16N4O2/c1-8(16-2)10-9(4-5-11)12-13-14(10)6-3-7-15/h8,15H,3-4,6-7H2,1-2H3. The number of methoxy groups -OCH3 is 1. The molecule has 0 saturated heterocycles. The molecule has 1 rings (SSSR count). The molecule has 0 bridgehead atoms. The number of hydrogen-bond acceptors (Lipinski definition) is 5. The minimum absolute atomic E-state index is 0.105. The lowest BCUT2D eigenvalue weighted by Crippen LogP contribution is -2.11. The molecule has 0 aliphatic carbocycles. The second-order valence-electron chi connectivity index (χ2n) is 3.43. The monoisotopic (exact) mass is 224 g/mol. The molecular weight excluding hydrogens is 208 g/mol. The highest BCUT2D eigenvalue weighted by atomic mass is 16.5. The SMILES string of the molecule is COC(C)c1c(CC#N)nnn1CCCO. The Morgan fingerprint density at radius 3 is 2.94 bits per heavy atom. The molecule has 0 saturated carbocycles. The highest BCUT2D eigenvalue weighted by Gasteiger charge is 2.18. The van der Waals surface area contributed by atoms with Crippen LogP contribution in [0.5, 0.6) is 0 Å². The van der Waals surface area contributed by atoms with E-state index in [4.69, 9.17) is 15.1 Å². The molecule has 0 spiro atoms. The van der Waals surface area contributed by atoms with Crippen molar-refractivity contribution in [2.45, 2.75) is 32.4 Å². The summed E-state index contributed by atoms with van der Waals surface area (Å²) in [7, 11) is 1.60. The Morgan fingerprint density at radius 2 is 2.38 bits per heavy atom. The van der Waals surface area contributed by atoms with Gasteiger partial charge in [-0.25, -0.2) is 4.68 Å². The molecule has 1 atom stereocenters. The van der Waals surface area contributed by atoms with Gasteiger partial charge in [-0.2, -0.15) is 5.26 Å². The van der Waals surface area contributed by atoms with E-state index in [0.29, 0.717) is 18.7 Å². The molecule has 1 N–H and O–H groups in total. The first kappa shape index (κ1) is 12.6. The summed E-state index contributed by atoms with van der Waals surface area (Å²) in [6.07, 6.45) is 0.679. The van der Waals surface area contributed by atoms with E-state index in [2.05, 4.69) is 16.4 Å². The largest absolute Gasteiger partial charge is 0.396 e. The van der Waals surface area contributed by atoms with E-state index >= 15 is 0 Å². The van der Waals surface area contributed by atoms with Crippen molar-refractivity contribution in [1.29, 1.82) is 5.26 Å². The van der Waals surface area contributed by atoms with Gasteiger partial charge in [-0.1, -0.05) is 5.21 Å². The Morgan fingerprint density at radius 1 is 1.62 bits per heavy atom. The molecule has 16 heavy (non-hydrogen) atoms. The number of nitrogens with zero attached hydrogens (tertiary/aromatic N) is 4. The Labute approximate surface area is 94.4 Å². The van der Waals surface area contributed by atoms with Crippen LogP contribution in [0.25, 0.3) is 0 Å². The van der Waals surface area contributed by atoms with E-state index in [9.17, 15) is 0 Å². The molecule has 88 valence electrons. The zero-order valence-electron chi connectivity index (χ0n) is 9.55. The zero-order valence-corrected chi connectivity index (χ0v) is 9.55. The predicted octanol–water partition coefficient (Wildman–Crippen LogP) is 0.434. The smallest absolute Gasteiger partial charge is 0.103 e. The lowest BCUT2D eigenvalue weighted by molar-refractivity contribution is 0.110. The minimum atomic E-state index is -0.156. The first-order valence-electron chi connectivity index (χ1n) is 5.17. The van der Waals surface area contributed by atoms with Crippen LogP contribution in [0.1, 0.15) is 30.8 Å². The van der Waals surface area contributed by atoms with Crippen molar-refractivity contribution in [2.24, 2.45) is 0 Å². The van der Waals surface area contributed by atoms with Crippen molar-refractivity contribution < 1.29 is 9.84 Å². The fourth-order valence-electron chi connectivity index (χ4n) is 1.50. The number of aliphatic hydroxyl groups excluding tert-OH is 1. The van der Waals surface area contributed by atoms with Gasteiger partial charge in [-0.05, 0) is 13.3 Å². The quantitative estimate of drug-likeness (QED) is 0.757. The maximum absolute atomic E-state index is 8.78. The summed E-state index contributed by atoms with van der Waals surface area (Å²) in [6.45, 7) is 2.57. The summed E-state index contributed by atoms with van der Waals surface area (Å²) in [5, 5.41) is 25.4. The van der Waals surface area contributed by atoms with E-state index in [1.807, 2.05) is 6.92 Å². The van der Waals surface area contributed by atoms with Crippen LogP contribution in [-0.4, -0.2) is 33.8 Å². The summed E-state index contributed by atoms with van der Waals surface area (Å²) in [5.41, 5.74) is 1.47. The molecule has 1 unspecified atom stereocenters. The van der Waals surface area contributed by atoms with Crippen molar-refractivity contribution in [3.05, 3.63) is 11.4 Å². The fourth-order valence-corrected chi connectivity index (χ4v) is 1.50. The third kappa shape index (κ3) is 2.78. The number of aliphatic hydroxyl groups is 1. The van der Waals surface area contributed by atoms with E-state index < -0.39 is 0 Å². The third-order valence-electron chi connectivity index (χ3n) is 2.36. The first-order chi connectivity index (χ1) is 7.74. The van der Waals surface area contributed by atoms with Gasteiger partial charge in [-0.15, -0.1) is 5.10 Å². The number of aryl methyl sites for hydroxylation is 1. The highest BCUT2D eigenvalue weighted by Crippen LogP contribution is 2.19. The van der Waals surface area contributed by atoms with Crippen LogP contribution in [0, 0.1) is 11.3 Å². The normalized spacial score (nSPS) is 12.4. The molecule has 1 aromatic rings. The fraction of sp³-hybridized carbons (Fsp3) is 0.700. The Kier molecular flexibility index (Phi) is 4.89. The number of hydrogen-bond donors (Lipinski definition) is 1. The minimum Gasteiger partial charge on any atom is -0.396 e. The second-order valence-corrected chi connectivity index (χ2v) is 3.43. The van der Waals surface area contributed by atoms with Crippen LogP contribution in [-0.2, 0) is 17.7 Å². The van der Waals surface area contributed by atoms with Crippen molar-refractivity contribution in [1.82, 2.24) is 15.0 Å². The predicted molar refractivity (Wildman–Crippen MR) is 56.5 cm³/mol. The molecule has 0 aliphatic heterocycles. The van der Waals surface area contributed by atoms with Gasteiger partial charge >= 0.3 is 0 Å². The van der Waals surface area contributed by atoms with Crippen LogP contribution in [0.3, 0.4) is 0 Å². The molecular formula is C10H16N4O2. The summed E-state index contributed by atoms with van der Waals surface area (Å²) in [4.78, 5) is 0. The van der Waals surface area contributed by atoms with Gasteiger partial charge in [0.15, 0.2) is 0 Å². The molecule has 1 aromatic heterocycles. The molecule has 0 aromatic carbocycles. The Hall–Kier alpha value is -1.45. The number of ether oxygens (including phenoxy) is 1. The van der Waals surface area contributed by atoms with E-state index in [-0.39, 0.29) is 19.1 Å². The van der Waals surface area contributed by atoms with Crippen LogP contribution in [0.4, 0.5) is 0 Å². The van der Waals surface area contributed by atoms with Gasteiger partial charge in [0.1, 0.15) is 5.69 Å². The molecule has 6 heteroatoms. The van der Waals surface area contributed by atoms with Gasteiger partial charge in [0.25, 0.3) is 0 Å². The average Bonchev–Trinajstić information content (AvgIpc) is 2.69. The van der Waals surface area contributed by atoms with Crippen LogP contribution in [0.2, 0.25) is 0 Å². The molecule has 1 heterocycles. The van der Waals surface area contributed by atoms with Crippen molar-refractivity contribution in [3.8, 4) is 6.07 Å². The maximum Gasteiger partial charge on any atom is 0.103 e. The molecule has 0 aliphatic rings. The molecule has 0 amide bonds. The van der Waals surface area contributed by atoms with E-state index in [0.717, 1.165) is 5.69 Å². The van der Waals surface area contributed by atoms with Crippen molar-refractivity contribution in [2.75, 3.05) is 13.7 Å². The summed E-state index contributed by atoms with van der Waals surface area (Å²) in [6, 6.07) is 2.05. The van der Waals surface area contributed by atoms with E-state index in [1.165, 1.54) is 0 Å². The summed E-state index contributed by atoms with van der Waals surface area (Å²) >= 11 is 0. The van der Waals surface area contributed by atoms with Crippen LogP contribution < -0.4 is 0 Å². The Balaban J connectivity index is 2.95. The average molecular weight is 224 g/mol. The highest BCUT2D eigenvalue weighted by molar-refractivity contribution is 5.16. The van der Waals surface area contributed by atoms with Gasteiger partial charge < -0.3 is 9.84 Å². The Bertz CT molecular complexity index is 369. The van der Waals surface area contributed by atoms with Gasteiger partial charge in [0.2, 0.25) is 0 Å².